The number of carbonyl (C=O) groups excluding carboxylic acids is 1. The number of carbonyl (C=O) groups is 1. The molecule has 28 heavy (non-hydrogen) atoms. The van der Waals surface area contributed by atoms with E-state index in [1.807, 2.05) is 6.92 Å². The highest BCUT2D eigenvalue weighted by Gasteiger charge is 2.27. The fourth-order valence-electron chi connectivity index (χ4n) is 3.28. The van der Waals surface area contributed by atoms with Crippen LogP contribution >= 0.6 is 12.4 Å². The van der Waals surface area contributed by atoms with Crippen molar-refractivity contribution >= 4 is 39.7 Å². The molecule has 3 rings (SSSR count). The number of sulfonamides is 1. The number of amides is 1. The number of nitrogens with zero attached hydrogens (tertiary/aromatic N) is 1. The van der Waals surface area contributed by atoms with E-state index < -0.39 is 10.0 Å². The number of piperidine rings is 1. The number of nitrogens with one attached hydrogen (secondary N) is 1. The average Bonchev–Trinajstić information content (AvgIpc) is 2.65. The molecular formula is C20H26ClN3O3S. The number of nitrogens with two attached hydrogens (primary N) is 1. The van der Waals surface area contributed by atoms with Gasteiger partial charge >= 0.3 is 0 Å². The molecule has 0 bridgehead atoms. The van der Waals surface area contributed by atoms with Crippen LogP contribution in [-0.4, -0.2) is 31.7 Å². The van der Waals surface area contributed by atoms with E-state index in [-0.39, 0.29) is 23.2 Å². The monoisotopic (exact) mass is 423 g/mol. The van der Waals surface area contributed by atoms with Crippen LogP contribution in [0, 0.1) is 13.8 Å². The Labute approximate surface area is 172 Å². The number of nitrogen functional groups attached to an aromatic ring is 1. The van der Waals surface area contributed by atoms with Crippen LogP contribution in [-0.2, 0) is 10.0 Å². The van der Waals surface area contributed by atoms with E-state index >= 15 is 0 Å². The lowest BCUT2D eigenvalue weighted by molar-refractivity contribution is 0.102. The van der Waals surface area contributed by atoms with E-state index in [1.54, 1.807) is 43.3 Å². The second-order valence-electron chi connectivity index (χ2n) is 6.97. The lowest BCUT2D eigenvalue weighted by Gasteiger charge is -2.26. The maximum Gasteiger partial charge on any atom is 0.256 e. The van der Waals surface area contributed by atoms with Crippen LogP contribution in [0.3, 0.4) is 0 Å². The Morgan fingerprint density at radius 1 is 1.00 bits per heavy atom. The van der Waals surface area contributed by atoms with E-state index in [0.29, 0.717) is 35.6 Å². The Kier molecular flexibility index (Phi) is 7.09. The SMILES string of the molecule is Cc1ccc(N)cc1C(=O)Nc1ccc(C)c(S(=O)(=O)N2CCCCC2)c1.Cl. The first kappa shape index (κ1) is 22.2. The molecule has 152 valence electrons. The summed E-state index contributed by atoms with van der Waals surface area (Å²) < 4.78 is 27.6. The first-order valence-corrected chi connectivity index (χ1v) is 10.5. The average molecular weight is 424 g/mol. The molecule has 0 radical (unpaired) electrons. The summed E-state index contributed by atoms with van der Waals surface area (Å²) in [6, 6.07) is 10.1. The summed E-state index contributed by atoms with van der Waals surface area (Å²) in [5.74, 6) is -0.315. The molecule has 0 aromatic heterocycles. The largest absolute Gasteiger partial charge is 0.399 e. The lowest BCUT2D eigenvalue weighted by Crippen LogP contribution is -2.36. The van der Waals surface area contributed by atoms with E-state index in [2.05, 4.69) is 5.32 Å². The predicted molar refractivity (Wildman–Crippen MR) is 115 cm³/mol. The number of rotatable bonds is 4. The van der Waals surface area contributed by atoms with Gasteiger partial charge in [-0.15, -0.1) is 12.4 Å². The summed E-state index contributed by atoms with van der Waals surface area (Å²) in [5.41, 5.74) is 8.66. The van der Waals surface area contributed by atoms with Gasteiger partial charge in [0, 0.05) is 30.0 Å². The van der Waals surface area contributed by atoms with Crippen molar-refractivity contribution in [2.75, 3.05) is 24.1 Å². The molecule has 3 N–H and O–H groups in total. The standard InChI is InChI=1S/C20H25N3O3S.ClH/c1-14-6-8-16(21)12-18(14)20(24)22-17-9-7-15(2)19(13-17)27(25,26)23-10-4-3-5-11-23;/h6-9,12-13H,3-5,10-11,21H2,1-2H3,(H,22,24);1H. The van der Waals surface area contributed by atoms with Crippen LogP contribution in [0.5, 0.6) is 0 Å². The maximum absolute atomic E-state index is 13.0. The van der Waals surface area contributed by atoms with Gasteiger partial charge in [0.05, 0.1) is 4.90 Å². The third-order valence-electron chi connectivity index (χ3n) is 4.89. The number of hydrogen-bond donors (Lipinski definition) is 2. The predicted octanol–water partition coefficient (Wildman–Crippen LogP) is 3.73. The van der Waals surface area contributed by atoms with Crippen molar-refractivity contribution in [2.24, 2.45) is 0 Å². The minimum atomic E-state index is -3.57. The molecule has 2 aromatic carbocycles. The molecule has 0 spiro atoms. The topological polar surface area (TPSA) is 92.5 Å². The first-order valence-electron chi connectivity index (χ1n) is 9.07. The number of anilines is 2. The summed E-state index contributed by atoms with van der Waals surface area (Å²) in [6.07, 6.45) is 2.81. The van der Waals surface area contributed by atoms with Crippen LogP contribution < -0.4 is 11.1 Å². The number of aryl methyl sites for hydroxylation is 2. The molecule has 0 saturated carbocycles. The van der Waals surface area contributed by atoms with Gasteiger partial charge in [0.15, 0.2) is 0 Å². The molecule has 1 fully saturated rings. The third-order valence-corrected chi connectivity index (χ3v) is 6.93. The van der Waals surface area contributed by atoms with Crippen molar-refractivity contribution in [1.29, 1.82) is 0 Å². The van der Waals surface area contributed by atoms with Crippen LogP contribution in [0.4, 0.5) is 11.4 Å². The Morgan fingerprint density at radius 3 is 2.32 bits per heavy atom. The summed E-state index contributed by atoms with van der Waals surface area (Å²) >= 11 is 0. The molecule has 6 nitrogen and oxygen atoms in total. The second kappa shape index (κ2) is 8.94. The Balaban J connectivity index is 0.00000280. The van der Waals surface area contributed by atoms with Crippen molar-refractivity contribution in [3.05, 3.63) is 53.1 Å². The summed E-state index contributed by atoms with van der Waals surface area (Å²) in [7, 11) is -3.57. The zero-order valence-corrected chi connectivity index (χ0v) is 17.7. The van der Waals surface area contributed by atoms with Gasteiger partial charge in [-0.2, -0.15) is 4.31 Å². The molecule has 1 saturated heterocycles. The molecule has 1 aliphatic rings. The van der Waals surface area contributed by atoms with Crippen LogP contribution in [0.25, 0.3) is 0 Å². The van der Waals surface area contributed by atoms with Crippen LogP contribution in [0.15, 0.2) is 41.3 Å². The zero-order valence-electron chi connectivity index (χ0n) is 16.1. The van der Waals surface area contributed by atoms with Gasteiger partial charge in [0.25, 0.3) is 5.91 Å². The molecule has 0 atom stereocenters. The first-order chi connectivity index (χ1) is 12.8. The van der Waals surface area contributed by atoms with Crippen molar-refractivity contribution in [2.45, 2.75) is 38.0 Å². The van der Waals surface area contributed by atoms with Gasteiger partial charge < -0.3 is 11.1 Å². The molecule has 2 aromatic rings. The number of halogens is 1. The third kappa shape index (κ3) is 4.66. The van der Waals surface area contributed by atoms with Gasteiger partial charge in [0.2, 0.25) is 10.0 Å². The normalized spacial score (nSPS) is 14.9. The molecule has 8 heteroatoms. The fraction of sp³-hybridized carbons (Fsp3) is 0.350. The minimum absolute atomic E-state index is 0. The summed E-state index contributed by atoms with van der Waals surface area (Å²) in [4.78, 5) is 12.9. The van der Waals surface area contributed by atoms with Crippen LogP contribution in [0.1, 0.15) is 40.7 Å². The smallest absolute Gasteiger partial charge is 0.256 e. The molecule has 0 aliphatic carbocycles. The van der Waals surface area contributed by atoms with E-state index in [9.17, 15) is 13.2 Å². The molecule has 0 unspecified atom stereocenters. The van der Waals surface area contributed by atoms with Crippen LogP contribution in [0.2, 0.25) is 0 Å². The zero-order chi connectivity index (χ0) is 19.6. The van der Waals surface area contributed by atoms with Gasteiger partial charge in [0.1, 0.15) is 0 Å². The summed E-state index contributed by atoms with van der Waals surface area (Å²) in [5, 5.41) is 2.79. The van der Waals surface area contributed by atoms with Gasteiger partial charge in [-0.1, -0.05) is 18.6 Å². The quantitative estimate of drug-likeness (QED) is 0.732. The number of benzene rings is 2. The molecule has 1 heterocycles. The van der Waals surface area contributed by atoms with Gasteiger partial charge in [-0.3, -0.25) is 4.79 Å². The highest BCUT2D eigenvalue weighted by Crippen LogP contribution is 2.26. The molecule has 1 aliphatic heterocycles. The van der Waals surface area contributed by atoms with Crippen molar-refractivity contribution in [1.82, 2.24) is 4.31 Å². The highest BCUT2D eigenvalue weighted by molar-refractivity contribution is 7.89. The maximum atomic E-state index is 13.0. The van der Waals surface area contributed by atoms with E-state index in [0.717, 1.165) is 24.8 Å². The van der Waals surface area contributed by atoms with E-state index in [4.69, 9.17) is 5.73 Å². The van der Waals surface area contributed by atoms with Crippen molar-refractivity contribution in [3.8, 4) is 0 Å². The molecule has 1 amide bonds. The fourth-order valence-corrected chi connectivity index (χ4v) is 5.05. The number of hydrogen-bond acceptors (Lipinski definition) is 4. The Hall–Kier alpha value is -2.09. The van der Waals surface area contributed by atoms with Gasteiger partial charge in [-0.25, -0.2) is 8.42 Å². The van der Waals surface area contributed by atoms with Gasteiger partial charge in [-0.05, 0) is 62.1 Å². The Bertz CT molecular complexity index is 971. The minimum Gasteiger partial charge on any atom is -0.399 e. The van der Waals surface area contributed by atoms with E-state index in [1.165, 1.54) is 4.31 Å². The Morgan fingerprint density at radius 2 is 1.64 bits per heavy atom. The van der Waals surface area contributed by atoms with Crippen molar-refractivity contribution in [3.63, 3.8) is 0 Å². The molecular weight excluding hydrogens is 398 g/mol. The lowest BCUT2D eigenvalue weighted by atomic mass is 10.1. The highest BCUT2D eigenvalue weighted by atomic mass is 35.5. The second-order valence-corrected chi connectivity index (χ2v) is 8.88. The van der Waals surface area contributed by atoms with Crippen molar-refractivity contribution < 1.29 is 13.2 Å². The summed E-state index contributed by atoms with van der Waals surface area (Å²) in [6.45, 7) is 4.68.